The van der Waals surface area contributed by atoms with Gasteiger partial charge in [0.15, 0.2) is 0 Å². The summed E-state index contributed by atoms with van der Waals surface area (Å²) in [6.45, 7) is 5.56. The largest absolute Gasteiger partial charge is 0.387 e. The summed E-state index contributed by atoms with van der Waals surface area (Å²) in [5.74, 6) is 1.88. The molecule has 1 heterocycles. The number of thioether (sulfide) groups is 1. The smallest absolute Gasteiger partial charge is 0.0238 e. The Hall–Kier alpha value is -0.110. The molecule has 1 aliphatic rings. The maximum absolute atomic E-state index is 3.36. The van der Waals surface area contributed by atoms with Crippen LogP contribution in [-0.4, -0.2) is 12.3 Å². The van der Waals surface area contributed by atoms with E-state index in [9.17, 15) is 0 Å². The third kappa shape index (κ3) is 1.94. The van der Waals surface area contributed by atoms with Crippen LogP contribution in [0.4, 0.5) is 0 Å². The number of nitrogens with one attached hydrogen (secondary N) is 1. The zero-order valence-corrected chi connectivity index (χ0v) is 6.79. The van der Waals surface area contributed by atoms with Crippen molar-refractivity contribution < 1.29 is 0 Å². The van der Waals surface area contributed by atoms with E-state index in [4.69, 9.17) is 0 Å². The molecule has 0 spiro atoms. The maximum Gasteiger partial charge on any atom is 0.0238 e. The number of allylic oxidation sites excluding steroid dienone is 1. The second-order valence-corrected chi connectivity index (χ2v) is 3.50. The molecule has 1 N–H and O–H groups in total. The maximum atomic E-state index is 3.36. The summed E-state index contributed by atoms with van der Waals surface area (Å²) < 4.78 is 0. The van der Waals surface area contributed by atoms with E-state index in [1.54, 1.807) is 0 Å². The Morgan fingerprint density at radius 3 is 2.78 bits per heavy atom. The van der Waals surface area contributed by atoms with E-state index in [0.29, 0.717) is 5.92 Å². The van der Waals surface area contributed by atoms with Gasteiger partial charge in [0.25, 0.3) is 0 Å². The summed E-state index contributed by atoms with van der Waals surface area (Å²) in [5.41, 5.74) is 1.39. The van der Waals surface area contributed by atoms with Gasteiger partial charge in [0, 0.05) is 18.0 Å². The molecule has 0 radical (unpaired) electrons. The molecule has 2 heteroatoms. The minimum atomic E-state index is 0.665. The van der Waals surface area contributed by atoms with E-state index < -0.39 is 0 Å². The second kappa shape index (κ2) is 3.16. The molecule has 0 unspecified atom stereocenters. The highest BCUT2D eigenvalue weighted by atomic mass is 32.2. The van der Waals surface area contributed by atoms with Crippen LogP contribution < -0.4 is 5.32 Å². The number of hydrogen-bond donors (Lipinski definition) is 1. The van der Waals surface area contributed by atoms with Crippen molar-refractivity contribution in [3.05, 3.63) is 11.1 Å². The van der Waals surface area contributed by atoms with Crippen molar-refractivity contribution in [1.29, 1.82) is 0 Å². The lowest BCUT2D eigenvalue weighted by molar-refractivity contribution is 0.668. The van der Waals surface area contributed by atoms with Crippen LogP contribution in [0, 0.1) is 5.92 Å². The second-order valence-electron chi connectivity index (χ2n) is 2.53. The molecule has 1 nitrogen and oxygen atoms in total. The van der Waals surface area contributed by atoms with Gasteiger partial charge in [-0.15, -0.1) is 11.8 Å². The lowest BCUT2D eigenvalue weighted by Crippen LogP contribution is -2.22. The van der Waals surface area contributed by atoms with Gasteiger partial charge >= 0.3 is 0 Å². The Bertz CT molecular complexity index is 118. The normalized spacial score (nSPS) is 19.2. The molecule has 52 valence electrons. The predicted octanol–water partition coefficient (Wildman–Crippen LogP) is 1.82. The first-order valence-electron chi connectivity index (χ1n) is 3.36. The first-order valence-corrected chi connectivity index (χ1v) is 4.41. The molecule has 9 heavy (non-hydrogen) atoms. The molecule has 0 saturated heterocycles. The molecular weight excluding hydrogens is 130 g/mol. The first-order chi connectivity index (χ1) is 4.30. The fourth-order valence-electron chi connectivity index (χ4n) is 0.785. The van der Waals surface area contributed by atoms with Gasteiger partial charge < -0.3 is 5.32 Å². The van der Waals surface area contributed by atoms with Gasteiger partial charge in [-0.25, -0.2) is 0 Å². The Morgan fingerprint density at radius 2 is 2.44 bits per heavy atom. The van der Waals surface area contributed by atoms with Crippen LogP contribution in [0.2, 0.25) is 0 Å². The zero-order chi connectivity index (χ0) is 6.69. The Morgan fingerprint density at radius 1 is 1.67 bits per heavy atom. The number of rotatable bonds is 1. The average Bonchev–Trinajstić information content (AvgIpc) is 1.90. The zero-order valence-electron chi connectivity index (χ0n) is 5.98. The van der Waals surface area contributed by atoms with Gasteiger partial charge in [0.05, 0.1) is 0 Å². The summed E-state index contributed by atoms with van der Waals surface area (Å²) in [5, 5.41) is 5.59. The van der Waals surface area contributed by atoms with Gasteiger partial charge in [-0.2, -0.15) is 0 Å². The Balaban J connectivity index is 2.46. The van der Waals surface area contributed by atoms with Gasteiger partial charge in [-0.05, 0) is 11.3 Å². The van der Waals surface area contributed by atoms with Gasteiger partial charge in [0.1, 0.15) is 0 Å². The minimum Gasteiger partial charge on any atom is -0.387 e. The molecule has 0 fully saturated rings. The monoisotopic (exact) mass is 143 g/mol. The van der Waals surface area contributed by atoms with E-state index in [-0.39, 0.29) is 0 Å². The minimum absolute atomic E-state index is 0.665. The molecule has 0 saturated carbocycles. The molecule has 0 amide bonds. The van der Waals surface area contributed by atoms with Crippen LogP contribution in [0.25, 0.3) is 0 Å². The molecule has 0 aromatic heterocycles. The molecule has 1 aliphatic heterocycles. The highest BCUT2D eigenvalue weighted by Gasteiger charge is 2.04. The van der Waals surface area contributed by atoms with E-state index in [1.807, 2.05) is 11.8 Å². The van der Waals surface area contributed by atoms with Crippen LogP contribution in [0.3, 0.4) is 0 Å². The molecule has 0 aromatic rings. The van der Waals surface area contributed by atoms with Crippen LogP contribution in [0.1, 0.15) is 13.8 Å². The molecule has 1 rings (SSSR count). The third-order valence-corrected chi connectivity index (χ3v) is 2.24. The summed E-state index contributed by atoms with van der Waals surface area (Å²) >= 11 is 1.91. The van der Waals surface area contributed by atoms with Gasteiger partial charge in [-0.3, -0.25) is 0 Å². The Kier molecular flexibility index (Phi) is 2.46. The van der Waals surface area contributed by atoms with Crippen molar-refractivity contribution in [3.63, 3.8) is 0 Å². The van der Waals surface area contributed by atoms with E-state index in [2.05, 4.69) is 24.6 Å². The lowest BCUT2D eigenvalue weighted by atomic mass is 10.1. The van der Waals surface area contributed by atoms with Crippen LogP contribution in [0.5, 0.6) is 0 Å². The van der Waals surface area contributed by atoms with Crippen LogP contribution in [-0.2, 0) is 0 Å². The SMILES string of the molecule is CC(C)C1=CSCCN1. The van der Waals surface area contributed by atoms with Crippen molar-refractivity contribution >= 4 is 11.8 Å². The summed E-state index contributed by atoms with van der Waals surface area (Å²) in [6, 6.07) is 0. The van der Waals surface area contributed by atoms with E-state index in [0.717, 1.165) is 6.54 Å². The summed E-state index contributed by atoms with van der Waals surface area (Å²) in [6.07, 6.45) is 0. The molecule has 0 atom stereocenters. The van der Waals surface area contributed by atoms with Crippen molar-refractivity contribution in [2.75, 3.05) is 12.3 Å². The van der Waals surface area contributed by atoms with Gasteiger partial charge in [-0.1, -0.05) is 13.8 Å². The first kappa shape index (κ1) is 7.00. The molecule has 0 aliphatic carbocycles. The highest BCUT2D eigenvalue weighted by molar-refractivity contribution is 8.02. The quantitative estimate of drug-likeness (QED) is 0.601. The Labute approximate surface area is 60.9 Å². The topological polar surface area (TPSA) is 12.0 Å². The summed E-state index contributed by atoms with van der Waals surface area (Å²) in [4.78, 5) is 0. The van der Waals surface area contributed by atoms with Crippen LogP contribution >= 0.6 is 11.8 Å². The molecule has 0 aromatic carbocycles. The lowest BCUT2D eigenvalue weighted by Gasteiger charge is -2.17. The predicted molar refractivity (Wildman–Crippen MR) is 43.4 cm³/mol. The number of hydrogen-bond acceptors (Lipinski definition) is 2. The van der Waals surface area contributed by atoms with Crippen molar-refractivity contribution in [3.8, 4) is 0 Å². The van der Waals surface area contributed by atoms with E-state index in [1.165, 1.54) is 11.4 Å². The van der Waals surface area contributed by atoms with Crippen molar-refractivity contribution in [2.45, 2.75) is 13.8 Å². The van der Waals surface area contributed by atoms with Crippen molar-refractivity contribution in [2.24, 2.45) is 5.92 Å². The third-order valence-electron chi connectivity index (χ3n) is 1.38. The fourth-order valence-corrected chi connectivity index (χ4v) is 1.66. The molecule has 0 bridgehead atoms. The standard InChI is InChI=1S/C7H13NS/c1-6(2)7-5-9-4-3-8-7/h5-6,8H,3-4H2,1-2H3. The van der Waals surface area contributed by atoms with Crippen molar-refractivity contribution in [1.82, 2.24) is 5.32 Å². The highest BCUT2D eigenvalue weighted by Crippen LogP contribution is 2.15. The average molecular weight is 143 g/mol. The molecular formula is C7H13NS. The van der Waals surface area contributed by atoms with E-state index >= 15 is 0 Å². The van der Waals surface area contributed by atoms with Gasteiger partial charge in [0.2, 0.25) is 0 Å². The summed E-state index contributed by atoms with van der Waals surface area (Å²) in [7, 11) is 0. The fraction of sp³-hybridized carbons (Fsp3) is 0.714. The van der Waals surface area contributed by atoms with Crippen LogP contribution in [0.15, 0.2) is 11.1 Å².